The SMILES string of the molecule is CP(=O)(O)CC#CCN. The highest BCUT2D eigenvalue weighted by atomic mass is 31.2. The second-order valence-corrected chi connectivity index (χ2v) is 4.18. The summed E-state index contributed by atoms with van der Waals surface area (Å²) in [5, 5.41) is 0. The molecule has 52 valence electrons. The summed E-state index contributed by atoms with van der Waals surface area (Å²) in [5.74, 6) is 4.99. The number of nitrogens with two attached hydrogens (primary N) is 1. The fourth-order valence-corrected chi connectivity index (χ4v) is 0.680. The van der Waals surface area contributed by atoms with E-state index in [4.69, 9.17) is 10.6 Å². The van der Waals surface area contributed by atoms with E-state index in [-0.39, 0.29) is 12.7 Å². The molecule has 0 saturated heterocycles. The van der Waals surface area contributed by atoms with Crippen LogP contribution >= 0.6 is 7.37 Å². The summed E-state index contributed by atoms with van der Waals surface area (Å²) in [7, 11) is -2.92. The molecule has 0 fully saturated rings. The van der Waals surface area contributed by atoms with Gasteiger partial charge < -0.3 is 10.6 Å². The predicted molar refractivity (Wildman–Crippen MR) is 37.4 cm³/mol. The van der Waals surface area contributed by atoms with Crippen molar-refractivity contribution in [2.45, 2.75) is 0 Å². The third-order valence-electron chi connectivity index (χ3n) is 0.599. The molecule has 0 saturated carbocycles. The van der Waals surface area contributed by atoms with Gasteiger partial charge in [-0.05, 0) is 0 Å². The lowest BCUT2D eigenvalue weighted by Gasteiger charge is -1.94. The first-order valence-corrected chi connectivity index (χ1v) is 4.80. The Labute approximate surface area is 54.7 Å². The normalized spacial score (nSPS) is 15.4. The summed E-state index contributed by atoms with van der Waals surface area (Å²) in [5.41, 5.74) is 5.01. The maximum atomic E-state index is 10.5. The highest BCUT2D eigenvalue weighted by molar-refractivity contribution is 7.57. The van der Waals surface area contributed by atoms with E-state index >= 15 is 0 Å². The zero-order chi connectivity index (χ0) is 7.33. The van der Waals surface area contributed by atoms with E-state index < -0.39 is 7.37 Å². The Kier molecular flexibility index (Phi) is 3.56. The van der Waals surface area contributed by atoms with Crippen LogP contribution in [0.2, 0.25) is 0 Å². The molecule has 0 amide bonds. The van der Waals surface area contributed by atoms with Gasteiger partial charge in [0.1, 0.15) is 0 Å². The van der Waals surface area contributed by atoms with Gasteiger partial charge in [-0.25, -0.2) is 0 Å². The number of rotatable bonds is 1. The molecule has 9 heavy (non-hydrogen) atoms. The van der Waals surface area contributed by atoms with Crippen molar-refractivity contribution in [1.29, 1.82) is 0 Å². The molecule has 0 aliphatic heterocycles. The van der Waals surface area contributed by atoms with Crippen LogP contribution in [-0.2, 0) is 4.57 Å². The van der Waals surface area contributed by atoms with Gasteiger partial charge in [-0.2, -0.15) is 0 Å². The molecule has 3 N–H and O–H groups in total. The van der Waals surface area contributed by atoms with Gasteiger partial charge >= 0.3 is 0 Å². The molecule has 1 unspecified atom stereocenters. The van der Waals surface area contributed by atoms with Crippen molar-refractivity contribution in [2.24, 2.45) is 5.73 Å². The standard InChI is InChI=1S/C5H10NO2P/c1-9(7,8)5-3-2-4-6/h4-6H2,1H3,(H,7,8). The van der Waals surface area contributed by atoms with Gasteiger partial charge in [0.05, 0.1) is 12.7 Å². The third kappa shape index (κ3) is 7.71. The lowest BCUT2D eigenvalue weighted by Crippen LogP contribution is -1.93. The molecule has 0 spiro atoms. The average Bonchev–Trinajstić information content (AvgIpc) is 1.63. The summed E-state index contributed by atoms with van der Waals surface area (Å²) in [6, 6.07) is 0. The Morgan fingerprint density at radius 1 is 1.67 bits per heavy atom. The Morgan fingerprint density at radius 2 is 2.22 bits per heavy atom. The molecule has 0 aliphatic rings. The van der Waals surface area contributed by atoms with Crippen LogP contribution in [0.15, 0.2) is 0 Å². The summed E-state index contributed by atoms with van der Waals surface area (Å²) < 4.78 is 10.5. The highest BCUT2D eigenvalue weighted by Crippen LogP contribution is 2.33. The predicted octanol–water partition coefficient (Wildman–Crippen LogP) is -0.151. The van der Waals surface area contributed by atoms with Gasteiger partial charge in [0.25, 0.3) is 0 Å². The van der Waals surface area contributed by atoms with Gasteiger partial charge in [0, 0.05) is 6.66 Å². The number of hydrogen-bond acceptors (Lipinski definition) is 2. The molecule has 0 aromatic rings. The quantitative estimate of drug-likeness (QED) is 0.400. The Balaban J connectivity index is 3.64. The van der Waals surface area contributed by atoms with Gasteiger partial charge in [-0.3, -0.25) is 4.57 Å². The fourth-order valence-electron chi connectivity index (χ4n) is 0.275. The lowest BCUT2D eigenvalue weighted by atomic mass is 10.6. The van der Waals surface area contributed by atoms with Gasteiger partial charge in [0.2, 0.25) is 7.37 Å². The summed E-state index contributed by atoms with van der Waals surface area (Å²) >= 11 is 0. The van der Waals surface area contributed by atoms with Crippen molar-refractivity contribution in [2.75, 3.05) is 19.4 Å². The lowest BCUT2D eigenvalue weighted by molar-refractivity contribution is 0.489. The van der Waals surface area contributed by atoms with Crippen LogP contribution < -0.4 is 5.73 Å². The molecule has 0 aromatic heterocycles. The zero-order valence-electron chi connectivity index (χ0n) is 5.29. The van der Waals surface area contributed by atoms with Crippen molar-refractivity contribution in [1.82, 2.24) is 0 Å². The monoisotopic (exact) mass is 147 g/mol. The molecule has 4 heteroatoms. The van der Waals surface area contributed by atoms with Crippen molar-refractivity contribution >= 4 is 7.37 Å². The minimum Gasteiger partial charge on any atom is -0.344 e. The fraction of sp³-hybridized carbons (Fsp3) is 0.600. The minimum atomic E-state index is -2.92. The van der Waals surface area contributed by atoms with Crippen molar-refractivity contribution in [3.8, 4) is 11.8 Å². The van der Waals surface area contributed by atoms with E-state index in [0.29, 0.717) is 0 Å². The summed E-state index contributed by atoms with van der Waals surface area (Å²) in [4.78, 5) is 8.66. The molecular weight excluding hydrogens is 137 g/mol. The molecule has 0 radical (unpaired) electrons. The van der Waals surface area contributed by atoms with Crippen LogP contribution in [0.3, 0.4) is 0 Å². The van der Waals surface area contributed by atoms with Crippen LogP contribution in [0.1, 0.15) is 0 Å². The van der Waals surface area contributed by atoms with Crippen LogP contribution in [0.25, 0.3) is 0 Å². The van der Waals surface area contributed by atoms with E-state index in [1.165, 1.54) is 6.66 Å². The first-order valence-electron chi connectivity index (χ1n) is 2.51. The molecule has 0 aliphatic carbocycles. The molecule has 1 atom stereocenters. The van der Waals surface area contributed by atoms with Gasteiger partial charge in [0.15, 0.2) is 0 Å². The first-order chi connectivity index (χ1) is 4.06. The zero-order valence-corrected chi connectivity index (χ0v) is 6.19. The Hall–Kier alpha value is -0.290. The van der Waals surface area contributed by atoms with E-state index in [2.05, 4.69) is 11.8 Å². The molecule has 0 rings (SSSR count). The first kappa shape index (κ1) is 8.71. The molecule has 0 aromatic carbocycles. The minimum absolute atomic E-state index is 0.0458. The van der Waals surface area contributed by atoms with Crippen LogP contribution in [0.4, 0.5) is 0 Å². The molecule has 0 heterocycles. The maximum absolute atomic E-state index is 10.5. The topological polar surface area (TPSA) is 63.3 Å². The molecular formula is C5H10NO2P. The van der Waals surface area contributed by atoms with Gasteiger partial charge in [-0.1, -0.05) is 11.8 Å². The van der Waals surface area contributed by atoms with Crippen LogP contribution in [0.5, 0.6) is 0 Å². The van der Waals surface area contributed by atoms with E-state index in [0.717, 1.165) is 0 Å². The second kappa shape index (κ2) is 3.68. The van der Waals surface area contributed by atoms with Crippen molar-refractivity contribution < 1.29 is 9.46 Å². The summed E-state index contributed by atoms with van der Waals surface area (Å²) in [6.45, 7) is 1.53. The maximum Gasteiger partial charge on any atom is 0.209 e. The van der Waals surface area contributed by atoms with Crippen LogP contribution in [0, 0.1) is 11.8 Å². The molecule has 0 bridgehead atoms. The van der Waals surface area contributed by atoms with Gasteiger partial charge in [-0.15, -0.1) is 0 Å². The highest BCUT2D eigenvalue weighted by Gasteiger charge is 2.04. The van der Waals surface area contributed by atoms with E-state index in [1.807, 2.05) is 0 Å². The second-order valence-electron chi connectivity index (χ2n) is 1.77. The van der Waals surface area contributed by atoms with Crippen molar-refractivity contribution in [3.63, 3.8) is 0 Å². The summed E-state index contributed by atoms with van der Waals surface area (Å²) in [6.07, 6.45) is 0.0458. The van der Waals surface area contributed by atoms with Crippen molar-refractivity contribution in [3.05, 3.63) is 0 Å². The Bertz CT molecular complexity index is 173. The largest absolute Gasteiger partial charge is 0.344 e. The smallest absolute Gasteiger partial charge is 0.209 e. The molecule has 3 nitrogen and oxygen atoms in total. The van der Waals surface area contributed by atoms with E-state index in [9.17, 15) is 4.57 Å². The Morgan fingerprint density at radius 3 is 2.56 bits per heavy atom. The third-order valence-corrected chi connectivity index (χ3v) is 1.34. The van der Waals surface area contributed by atoms with Crippen LogP contribution in [-0.4, -0.2) is 24.3 Å². The average molecular weight is 147 g/mol. The van der Waals surface area contributed by atoms with E-state index in [1.54, 1.807) is 0 Å². The number of hydrogen-bond donors (Lipinski definition) is 2.